The van der Waals surface area contributed by atoms with E-state index >= 15 is 0 Å². The van der Waals surface area contributed by atoms with Gasteiger partial charge in [0.25, 0.3) is 0 Å². The summed E-state index contributed by atoms with van der Waals surface area (Å²) in [6, 6.07) is 6.67. The third-order valence-electron chi connectivity index (χ3n) is 7.09. The third-order valence-corrected chi connectivity index (χ3v) is 9.84. The summed E-state index contributed by atoms with van der Waals surface area (Å²) in [6.07, 6.45) is 5.94. The number of allylic oxidation sites excluding steroid dienone is 2. The molecule has 1 aromatic rings. The number of hydrogen-bond acceptors (Lipinski definition) is 4. The van der Waals surface area contributed by atoms with Gasteiger partial charge in [-0.15, -0.1) is 0 Å². The lowest BCUT2D eigenvalue weighted by Gasteiger charge is -2.34. The van der Waals surface area contributed by atoms with Crippen molar-refractivity contribution in [2.24, 2.45) is 5.41 Å². The van der Waals surface area contributed by atoms with Crippen LogP contribution in [-0.2, 0) is 11.0 Å². The second-order valence-corrected chi connectivity index (χ2v) is 14.2. The van der Waals surface area contributed by atoms with Crippen molar-refractivity contribution in [3.8, 4) is 0 Å². The SMILES string of the molecule is C[Si+](OCCN1CCN(Cc2ccc(N)c(C3=CCC(C)(C)CC3)c2)CC1)C(C)(C)C. The second kappa shape index (κ2) is 10.2. The van der Waals surface area contributed by atoms with Gasteiger partial charge in [0, 0.05) is 50.5 Å². The molecule has 3 rings (SSSR count). The fraction of sp³-hybridized carbons (Fsp3) is 0.692. The average molecular weight is 443 g/mol. The molecule has 0 unspecified atom stereocenters. The van der Waals surface area contributed by atoms with Crippen LogP contribution in [0.5, 0.6) is 0 Å². The first-order valence-corrected chi connectivity index (χ1v) is 13.9. The molecule has 172 valence electrons. The lowest BCUT2D eigenvalue weighted by Crippen LogP contribution is -2.47. The van der Waals surface area contributed by atoms with Crippen LogP contribution >= 0.6 is 0 Å². The zero-order valence-corrected chi connectivity index (χ0v) is 21.8. The molecule has 1 aliphatic carbocycles. The van der Waals surface area contributed by atoms with Gasteiger partial charge >= 0.3 is 9.04 Å². The van der Waals surface area contributed by atoms with E-state index in [0.717, 1.165) is 64.4 Å². The molecule has 1 fully saturated rings. The molecule has 31 heavy (non-hydrogen) atoms. The Kier molecular flexibility index (Phi) is 8.06. The van der Waals surface area contributed by atoms with Gasteiger partial charge in [-0.25, -0.2) is 4.43 Å². The highest BCUT2D eigenvalue weighted by molar-refractivity contribution is 6.53. The van der Waals surface area contributed by atoms with Crippen molar-refractivity contribution in [2.75, 3.05) is 45.1 Å². The van der Waals surface area contributed by atoms with Gasteiger partial charge in [-0.05, 0) is 68.7 Å². The first-order valence-electron chi connectivity index (χ1n) is 12.0. The van der Waals surface area contributed by atoms with E-state index in [-0.39, 0.29) is 0 Å². The molecule has 1 aromatic carbocycles. The van der Waals surface area contributed by atoms with Crippen LogP contribution in [0, 0.1) is 5.41 Å². The molecule has 1 aliphatic heterocycles. The Morgan fingerprint density at radius 3 is 2.39 bits per heavy atom. The van der Waals surface area contributed by atoms with Gasteiger partial charge in [0.2, 0.25) is 0 Å². The van der Waals surface area contributed by atoms with E-state index in [1.807, 2.05) is 0 Å². The maximum Gasteiger partial charge on any atom is 0.475 e. The smallest absolute Gasteiger partial charge is 0.398 e. The van der Waals surface area contributed by atoms with Gasteiger partial charge in [0.1, 0.15) is 5.04 Å². The van der Waals surface area contributed by atoms with Crippen LogP contribution in [0.25, 0.3) is 5.57 Å². The predicted octanol–water partition coefficient (Wildman–Crippen LogP) is 5.42. The number of nitrogen functional groups attached to an aromatic ring is 1. The highest BCUT2D eigenvalue weighted by atomic mass is 28.3. The molecule has 0 aromatic heterocycles. The summed E-state index contributed by atoms with van der Waals surface area (Å²) in [7, 11) is -0.731. The van der Waals surface area contributed by atoms with Gasteiger partial charge in [-0.1, -0.05) is 26.0 Å². The quantitative estimate of drug-likeness (QED) is 0.452. The monoisotopic (exact) mass is 442 g/mol. The average Bonchev–Trinajstić information content (AvgIpc) is 2.70. The van der Waals surface area contributed by atoms with E-state index in [2.05, 4.69) is 75.2 Å². The molecule has 0 radical (unpaired) electrons. The van der Waals surface area contributed by atoms with E-state index in [1.54, 1.807) is 0 Å². The van der Waals surface area contributed by atoms with E-state index in [1.165, 1.54) is 23.1 Å². The van der Waals surface area contributed by atoms with Crippen LogP contribution in [0.15, 0.2) is 24.3 Å². The Hall–Kier alpha value is -1.14. The number of anilines is 1. The lowest BCUT2D eigenvalue weighted by atomic mass is 9.77. The number of piperazine rings is 1. The van der Waals surface area contributed by atoms with E-state index in [9.17, 15) is 0 Å². The molecular weight excluding hydrogens is 398 g/mol. The predicted molar refractivity (Wildman–Crippen MR) is 135 cm³/mol. The Morgan fingerprint density at radius 1 is 1.10 bits per heavy atom. The van der Waals surface area contributed by atoms with Gasteiger partial charge < -0.3 is 5.73 Å². The molecule has 2 aliphatic rings. The maximum absolute atomic E-state index is 6.36. The molecule has 0 amide bonds. The minimum absolute atomic E-state index is 0.311. The van der Waals surface area contributed by atoms with Crippen molar-refractivity contribution in [3.63, 3.8) is 0 Å². The van der Waals surface area contributed by atoms with Crippen LogP contribution in [0.4, 0.5) is 5.69 Å². The zero-order chi connectivity index (χ0) is 22.6. The van der Waals surface area contributed by atoms with Crippen molar-refractivity contribution in [1.82, 2.24) is 9.80 Å². The van der Waals surface area contributed by atoms with E-state index in [4.69, 9.17) is 10.2 Å². The Labute approximate surface area is 192 Å². The highest BCUT2D eigenvalue weighted by Gasteiger charge is 2.38. The normalized spacial score (nSPS) is 20.5. The summed E-state index contributed by atoms with van der Waals surface area (Å²) in [5, 5.41) is 0.311. The van der Waals surface area contributed by atoms with Crippen LogP contribution in [0.2, 0.25) is 11.6 Å². The van der Waals surface area contributed by atoms with Crippen LogP contribution in [0.1, 0.15) is 65.0 Å². The summed E-state index contributed by atoms with van der Waals surface area (Å²) in [5.41, 5.74) is 11.8. The summed E-state index contributed by atoms with van der Waals surface area (Å²) < 4.78 is 6.16. The summed E-state index contributed by atoms with van der Waals surface area (Å²) in [6.45, 7) is 21.3. The first kappa shape index (κ1) is 24.5. The largest absolute Gasteiger partial charge is 0.475 e. The molecular formula is C26H44N3OSi+. The Morgan fingerprint density at radius 2 is 1.77 bits per heavy atom. The van der Waals surface area contributed by atoms with Gasteiger partial charge in [-0.2, -0.15) is 0 Å². The number of rotatable bonds is 7. The second-order valence-electron chi connectivity index (χ2n) is 11.3. The molecule has 1 heterocycles. The molecule has 4 nitrogen and oxygen atoms in total. The Balaban J connectivity index is 1.48. The summed E-state index contributed by atoms with van der Waals surface area (Å²) in [4.78, 5) is 5.13. The summed E-state index contributed by atoms with van der Waals surface area (Å²) in [5.74, 6) is 0. The topological polar surface area (TPSA) is 41.7 Å². The number of benzene rings is 1. The number of hydrogen-bond donors (Lipinski definition) is 1. The zero-order valence-electron chi connectivity index (χ0n) is 20.8. The number of nitrogens with zero attached hydrogens (tertiary/aromatic N) is 2. The van der Waals surface area contributed by atoms with Crippen LogP contribution in [-0.4, -0.2) is 58.2 Å². The molecule has 0 saturated carbocycles. The summed E-state index contributed by atoms with van der Waals surface area (Å²) >= 11 is 0. The van der Waals surface area contributed by atoms with Gasteiger partial charge in [0.05, 0.1) is 13.2 Å². The third kappa shape index (κ3) is 7.18. The molecule has 0 atom stereocenters. The first-order chi connectivity index (χ1) is 14.5. The van der Waals surface area contributed by atoms with Crippen molar-refractivity contribution in [1.29, 1.82) is 0 Å². The molecule has 0 bridgehead atoms. The van der Waals surface area contributed by atoms with E-state index < -0.39 is 9.04 Å². The molecule has 5 heteroatoms. The van der Waals surface area contributed by atoms with E-state index in [0.29, 0.717) is 10.5 Å². The lowest BCUT2D eigenvalue weighted by molar-refractivity contribution is 0.111. The fourth-order valence-electron chi connectivity index (χ4n) is 4.27. The van der Waals surface area contributed by atoms with Crippen molar-refractivity contribution >= 4 is 20.3 Å². The fourth-order valence-corrected chi connectivity index (χ4v) is 5.11. The van der Waals surface area contributed by atoms with Crippen molar-refractivity contribution < 1.29 is 4.43 Å². The minimum atomic E-state index is -0.731. The number of nitrogens with two attached hydrogens (primary N) is 1. The maximum atomic E-state index is 6.36. The van der Waals surface area contributed by atoms with Crippen LogP contribution < -0.4 is 5.73 Å². The minimum Gasteiger partial charge on any atom is -0.398 e. The Bertz CT molecular complexity index is 760. The molecule has 0 spiro atoms. The van der Waals surface area contributed by atoms with Crippen molar-refractivity contribution in [3.05, 3.63) is 35.4 Å². The van der Waals surface area contributed by atoms with Gasteiger partial charge in [0.15, 0.2) is 0 Å². The van der Waals surface area contributed by atoms with Crippen molar-refractivity contribution in [2.45, 2.75) is 72.0 Å². The standard InChI is InChI=1S/C26H44N3OSi/c1-25(2,3)31(6)30-18-17-28-13-15-29(16-14-28)20-21-7-8-24(27)23(19-21)22-9-11-26(4,5)12-10-22/h7-9,19H,10-18,20,27H2,1-6H3/q+1. The molecule has 2 N–H and O–H groups in total. The van der Waals surface area contributed by atoms with Gasteiger partial charge in [-0.3, -0.25) is 9.80 Å². The van der Waals surface area contributed by atoms with Crippen LogP contribution in [0.3, 0.4) is 0 Å². The highest BCUT2D eigenvalue weighted by Crippen LogP contribution is 2.39. The molecule has 1 saturated heterocycles.